The highest BCUT2D eigenvalue weighted by atomic mass is 32.1. The smallest absolute Gasteiger partial charge is 0.0991 e. The maximum atomic E-state index is 9.75. The van der Waals surface area contributed by atoms with Gasteiger partial charge in [0.15, 0.2) is 0 Å². The Bertz CT molecular complexity index is 4320. The Morgan fingerprint density at radius 3 is 1.29 bits per heavy atom. The lowest BCUT2D eigenvalue weighted by Gasteiger charge is -2.29. The Balaban J connectivity index is 0.954. The van der Waals surface area contributed by atoms with E-state index in [0.29, 0.717) is 5.56 Å². The van der Waals surface area contributed by atoms with Gasteiger partial charge in [-0.05, 0) is 159 Å². The molecule has 3 heteroatoms. The molecule has 2 nitrogen and oxygen atoms in total. The molecule has 342 valence electrons. The Hall–Kier alpha value is -8.94. The summed E-state index contributed by atoms with van der Waals surface area (Å²) in [7, 11) is 0. The van der Waals surface area contributed by atoms with Crippen molar-refractivity contribution in [2.75, 3.05) is 0 Å². The third kappa shape index (κ3) is 6.79. The second-order valence-corrected chi connectivity index (χ2v) is 21.5. The molecule has 14 rings (SSSR count). The fourth-order valence-electron chi connectivity index (χ4n) is 12.1. The first-order valence-electron chi connectivity index (χ1n) is 25.1. The summed E-state index contributed by atoms with van der Waals surface area (Å²) in [6.07, 6.45) is 1.91. The molecule has 0 saturated heterocycles. The molecule has 0 radical (unpaired) electrons. The highest BCUT2D eigenvalue weighted by molar-refractivity contribution is 7.26. The van der Waals surface area contributed by atoms with Gasteiger partial charge in [-0.2, -0.15) is 5.26 Å². The number of fused-ring (bicyclic) bond motifs is 19. The van der Waals surface area contributed by atoms with Crippen LogP contribution in [0.4, 0.5) is 0 Å². The normalized spacial score (nSPS) is 12.0. The van der Waals surface area contributed by atoms with Crippen LogP contribution >= 0.6 is 11.3 Å². The molecule has 10 aromatic carbocycles. The van der Waals surface area contributed by atoms with Crippen molar-refractivity contribution in [2.45, 2.75) is 26.2 Å². The van der Waals surface area contributed by atoms with Crippen molar-refractivity contribution in [2.24, 2.45) is 0 Å². The predicted octanol–water partition coefficient (Wildman–Crippen LogP) is 19.6. The number of hydrogen-bond acceptors (Lipinski definition) is 3. The summed E-state index contributed by atoms with van der Waals surface area (Å²) in [5, 5.41) is 12.1. The summed E-state index contributed by atoms with van der Waals surface area (Å²) in [5.74, 6) is 0. The lowest BCUT2D eigenvalue weighted by Crippen LogP contribution is -2.15. The molecule has 0 atom stereocenters. The molecular weight excluding hydrogens is 901 g/mol. The van der Waals surface area contributed by atoms with Gasteiger partial charge in [0.05, 0.1) is 17.3 Å². The summed E-state index contributed by atoms with van der Waals surface area (Å²) in [5.41, 5.74) is 28.0. The van der Waals surface area contributed by atoms with Gasteiger partial charge >= 0.3 is 0 Å². The number of aromatic nitrogens is 1. The number of thiophene rings is 1. The third-order valence-corrected chi connectivity index (χ3v) is 16.5. The largest absolute Gasteiger partial charge is 0.256 e. The van der Waals surface area contributed by atoms with Crippen molar-refractivity contribution >= 4 is 31.5 Å². The van der Waals surface area contributed by atoms with Crippen LogP contribution in [0.15, 0.2) is 225 Å². The number of nitriles is 1. The van der Waals surface area contributed by atoms with E-state index in [1.807, 2.05) is 18.3 Å². The van der Waals surface area contributed by atoms with Gasteiger partial charge < -0.3 is 0 Å². The second-order valence-electron chi connectivity index (χ2n) is 20.4. The van der Waals surface area contributed by atoms with Crippen molar-refractivity contribution in [3.8, 4) is 129 Å². The van der Waals surface area contributed by atoms with Gasteiger partial charge in [-0.15, -0.1) is 11.3 Å². The van der Waals surface area contributed by atoms with Gasteiger partial charge in [0, 0.05) is 37.5 Å². The summed E-state index contributed by atoms with van der Waals surface area (Å²) in [6, 6.07) is 82.9. The molecule has 0 amide bonds. The average molecular weight is 947 g/mol. The molecule has 2 heterocycles. The molecule has 2 aliphatic carbocycles. The highest BCUT2D eigenvalue weighted by Crippen LogP contribution is 2.53. The molecule has 0 bridgehead atoms. The van der Waals surface area contributed by atoms with E-state index in [1.165, 1.54) is 126 Å². The van der Waals surface area contributed by atoms with Crippen molar-refractivity contribution in [1.29, 1.82) is 5.26 Å². The lowest BCUT2D eigenvalue weighted by molar-refractivity contribution is 0.593. The first kappa shape index (κ1) is 42.9. The van der Waals surface area contributed by atoms with Crippen LogP contribution < -0.4 is 0 Å². The Morgan fingerprint density at radius 2 is 0.767 bits per heavy atom. The van der Waals surface area contributed by atoms with Crippen LogP contribution in [0.1, 0.15) is 31.9 Å². The maximum Gasteiger partial charge on any atom is 0.0991 e. The molecule has 2 aromatic heterocycles. The first-order valence-corrected chi connectivity index (χ1v) is 25.9. The van der Waals surface area contributed by atoms with Crippen molar-refractivity contribution in [3.63, 3.8) is 0 Å². The van der Waals surface area contributed by atoms with Crippen molar-refractivity contribution in [1.82, 2.24) is 4.98 Å². The molecule has 0 saturated carbocycles. The Morgan fingerprint density at radius 1 is 0.356 bits per heavy atom. The quantitative estimate of drug-likeness (QED) is 0.177. The van der Waals surface area contributed by atoms with Gasteiger partial charge in [0.25, 0.3) is 0 Å². The van der Waals surface area contributed by atoms with E-state index in [1.54, 1.807) is 11.3 Å². The first-order chi connectivity index (χ1) is 35.8. The average Bonchev–Trinajstić information content (AvgIpc) is 3.82. The molecule has 73 heavy (non-hydrogen) atoms. The summed E-state index contributed by atoms with van der Waals surface area (Å²) < 4.78 is 2.42. The lowest BCUT2D eigenvalue weighted by atomic mass is 9.75. The number of nitrogens with zero attached hydrogens (tertiary/aromatic N) is 2. The zero-order chi connectivity index (χ0) is 49.0. The zero-order valence-electron chi connectivity index (χ0n) is 40.7. The van der Waals surface area contributed by atoms with Crippen LogP contribution in [-0.2, 0) is 5.41 Å². The minimum atomic E-state index is -0.205. The standard InChI is InChI=1S/C70H46N2S/c1-70(2,3)67-46(23-12-24-47(67)44-30-34-58-60-27-14-36-72-68(60)59-22-11-10-18-52(59)51-17-6-9-21-55(51)64(58)39-44)43-29-32-56-57-33-31-45(48-25-13-26-61-65-37-42(41-71)28-35-66(65)73-69(48)61)40-63(57)54-20-8-5-16-50(54)49-15-4-7-19-53(49)62(56)38-43/h4-40H,1-3H3. The topological polar surface area (TPSA) is 36.7 Å². The van der Waals surface area contributed by atoms with Gasteiger partial charge in [-0.25, -0.2) is 0 Å². The van der Waals surface area contributed by atoms with Crippen LogP contribution in [0.5, 0.6) is 0 Å². The van der Waals surface area contributed by atoms with Crippen LogP contribution in [0.2, 0.25) is 0 Å². The summed E-state index contributed by atoms with van der Waals surface area (Å²) in [6.45, 7) is 7.06. The fraction of sp³-hybridized carbons (Fsp3) is 0.0571. The minimum absolute atomic E-state index is 0.205. The van der Waals surface area contributed by atoms with E-state index in [4.69, 9.17) is 4.98 Å². The van der Waals surface area contributed by atoms with Gasteiger partial charge in [-0.3, -0.25) is 4.98 Å². The van der Waals surface area contributed by atoms with Crippen LogP contribution in [0.25, 0.3) is 143 Å². The van der Waals surface area contributed by atoms with E-state index >= 15 is 0 Å². The SMILES string of the molecule is CC(C)(C)c1c(-c2ccc3c(c2)-c2ccccc2-c2ccccc2-c2cc(-c4cccc5c4sc4ccc(C#N)cc45)ccc2-3)cccc1-c1ccc2c(c1)-c1ccccc1-c1ccccc1-c1ncccc1-2. The van der Waals surface area contributed by atoms with E-state index in [2.05, 4.69) is 233 Å². The van der Waals surface area contributed by atoms with Crippen LogP contribution in [0, 0.1) is 11.3 Å². The highest BCUT2D eigenvalue weighted by Gasteiger charge is 2.29. The van der Waals surface area contributed by atoms with Gasteiger partial charge in [0.2, 0.25) is 0 Å². The van der Waals surface area contributed by atoms with Gasteiger partial charge in [0.1, 0.15) is 0 Å². The Kier molecular flexibility index (Phi) is 9.74. The summed E-state index contributed by atoms with van der Waals surface area (Å²) in [4.78, 5) is 5.02. The molecule has 0 unspecified atom stereocenters. The number of benzene rings is 10. The molecular formula is C70H46N2S. The van der Waals surface area contributed by atoms with E-state index < -0.39 is 0 Å². The van der Waals surface area contributed by atoms with Gasteiger partial charge in [-0.1, -0.05) is 197 Å². The summed E-state index contributed by atoms with van der Waals surface area (Å²) >= 11 is 1.80. The van der Waals surface area contributed by atoms with E-state index in [-0.39, 0.29) is 5.41 Å². The molecule has 0 N–H and O–H groups in total. The van der Waals surface area contributed by atoms with Crippen LogP contribution in [0.3, 0.4) is 0 Å². The second kappa shape index (κ2) is 16.6. The molecule has 12 aromatic rings. The monoisotopic (exact) mass is 946 g/mol. The maximum absolute atomic E-state index is 9.75. The van der Waals surface area contributed by atoms with Crippen molar-refractivity contribution in [3.05, 3.63) is 236 Å². The third-order valence-electron chi connectivity index (χ3n) is 15.2. The molecule has 0 fully saturated rings. The number of pyridine rings is 1. The van der Waals surface area contributed by atoms with E-state index in [0.717, 1.165) is 22.2 Å². The predicted molar refractivity (Wildman–Crippen MR) is 307 cm³/mol. The molecule has 2 aliphatic rings. The van der Waals surface area contributed by atoms with Crippen molar-refractivity contribution < 1.29 is 0 Å². The Labute approximate surface area is 429 Å². The fourth-order valence-corrected chi connectivity index (χ4v) is 13.3. The molecule has 0 aliphatic heterocycles. The molecule has 0 spiro atoms. The van der Waals surface area contributed by atoms with Crippen LogP contribution in [-0.4, -0.2) is 4.98 Å². The minimum Gasteiger partial charge on any atom is -0.256 e. The zero-order valence-corrected chi connectivity index (χ0v) is 41.5. The van der Waals surface area contributed by atoms with E-state index in [9.17, 15) is 5.26 Å². The number of rotatable bonds is 3. The number of hydrogen-bond donors (Lipinski definition) is 0.